The fourth-order valence-corrected chi connectivity index (χ4v) is 8.75. The first-order valence-electron chi connectivity index (χ1n) is 20.3. The molecule has 0 aromatic heterocycles. The molecule has 11 aromatic rings. The lowest BCUT2D eigenvalue weighted by Crippen LogP contribution is -2.10. The third-order valence-corrected chi connectivity index (χ3v) is 11.8. The molecule has 1 nitrogen and oxygen atoms in total. The van der Waals surface area contributed by atoms with Gasteiger partial charge in [0, 0.05) is 17.1 Å². The van der Waals surface area contributed by atoms with Crippen LogP contribution in [-0.4, -0.2) is 0 Å². The summed E-state index contributed by atoms with van der Waals surface area (Å²) in [5.41, 5.74) is 12.8. The van der Waals surface area contributed by atoms with Crippen LogP contribution < -0.4 is 4.90 Å². The minimum absolute atomic E-state index is 1.09. The lowest BCUT2D eigenvalue weighted by atomic mass is 9.96. The number of hydrogen-bond acceptors (Lipinski definition) is 1. The van der Waals surface area contributed by atoms with Crippen LogP contribution in [0.4, 0.5) is 17.1 Å². The van der Waals surface area contributed by atoms with Crippen LogP contribution in [0.3, 0.4) is 0 Å². The molecule has 0 radical (unpaired) electrons. The molecule has 0 atom stereocenters. The van der Waals surface area contributed by atoms with Crippen LogP contribution in [0.1, 0.15) is 0 Å². The van der Waals surface area contributed by atoms with E-state index in [0.717, 1.165) is 17.1 Å². The van der Waals surface area contributed by atoms with Gasteiger partial charge < -0.3 is 4.90 Å². The molecule has 0 aliphatic rings. The van der Waals surface area contributed by atoms with Crippen LogP contribution in [0.15, 0.2) is 237 Å². The predicted molar refractivity (Wildman–Crippen MR) is 253 cm³/mol. The van der Waals surface area contributed by atoms with E-state index in [1.54, 1.807) is 0 Å². The standard InChI is InChI=1S/C58H39N/c1-3-11-40(12-4-1)50-35-51(41-13-5-2-6-14-41)37-54(36-50)59(52-31-27-42(28-32-52)48-25-23-46-21-19-44-15-7-9-17-55(44)57(46)38-48)53-33-29-43(30-34-53)49-26-24-47-22-20-45-16-8-10-18-56(45)58(47)39-49/h1-39H. The molecule has 0 amide bonds. The molecule has 0 heterocycles. The van der Waals surface area contributed by atoms with Gasteiger partial charge in [-0.15, -0.1) is 0 Å². The average Bonchev–Trinajstić information content (AvgIpc) is 3.32. The molecule has 1 heteroatoms. The van der Waals surface area contributed by atoms with E-state index in [4.69, 9.17) is 0 Å². The highest BCUT2D eigenvalue weighted by atomic mass is 15.1. The number of nitrogens with zero attached hydrogens (tertiary/aromatic N) is 1. The molecular formula is C58H39N. The SMILES string of the molecule is c1ccc(-c2cc(-c3ccccc3)cc(N(c3ccc(-c4ccc5ccc6ccccc6c5c4)cc3)c3ccc(-c4ccc5ccc6ccccc6c5c4)cc3)c2)cc1. The van der Waals surface area contributed by atoms with Crippen LogP contribution in [-0.2, 0) is 0 Å². The topological polar surface area (TPSA) is 3.24 Å². The van der Waals surface area contributed by atoms with Gasteiger partial charge in [-0.05, 0) is 142 Å². The lowest BCUT2D eigenvalue weighted by Gasteiger charge is -2.27. The van der Waals surface area contributed by atoms with Gasteiger partial charge in [-0.2, -0.15) is 0 Å². The van der Waals surface area contributed by atoms with E-state index in [9.17, 15) is 0 Å². The second kappa shape index (κ2) is 14.6. The molecule has 0 aliphatic heterocycles. The molecule has 0 bridgehead atoms. The van der Waals surface area contributed by atoms with Crippen LogP contribution in [0.2, 0.25) is 0 Å². The van der Waals surface area contributed by atoms with Gasteiger partial charge in [-0.3, -0.25) is 0 Å². The smallest absolute Gasteiger partial charge is 0.0473 e. The van der Waals surface area contributed by atoms with Gasteiger partial charge in [-0.1, -0.05) is 182 Å². The van der Waals surface area contributed by atoms with Crippen molar-refractivity contribution in [2.75, 3.05) is 4.90 Å². The molecule has 0 N–H and O–H groups in total. The fourth-order valence-electron chi connectivity index (χ4n) is 8.75. The highest BCUT2D eigenvalue weighted by Gasteiger charge is 2.17. The van der Waals surface area contributed by atoms with E-state index in [1.807, 2.05) is 0 Å². The van der Waals surface area contributed by atoms with Crippen molar-refractivity contribution in [3.8, 4) is 44.5 Å². The Morgan fingerprint density at radius 1 is 0.186 bits per heavy atom. The summed E-state index contributed by atoms with van der Waals surface area (Å²) in [7, 11) is 0. The summed E-state index contributed by atoms with van der Waals surface area (Å²) in [5, 5.41) is 10.1. The van der Waals surface area contributed by atoms with Gasteiger partial charge in [0.25, 0.3) is 0 Å². The predicted octanol–water partition coefficient (Wildman–Crippen LogP) is 16.4. The van der Waals surface area contributed by atoms with Crippen molar-refractivity contribution in [3.05, 3.63) is 237 Å². The van der Waals surface area contributed by atoms with Gasteiger partial charge in [-0.25, -0.2) is 0 Å². The van der Waals surface area contributed by atoms with E-state index < -0.39 is 0 Å². The molecule has 0 aliphatic carbocycles. The maximum atomic E-state index is 2.40. The second-order valence-corrected chi connectivity index (χ2v) is 15.4. The Labute approximate surface area is 344 Å². The zero-order chi connectivity index (χ0) is 39.1. The van der Waals surface area contributed by atoms with Crippen molar-refractivity contribution in [2.45, 2.75) is 0 Å². The summed E-state index contributed by atoms with van der Waals surface area (Å²) in [5.74, 6) is 0. The molecule has 276 valence electrons. The van der Waals surface area contributed by atoms with E-state index in [1.165, 1.54) is 87.6 Å². The minimum Gasteiger partial charge on any atom is -0.310 e. The van der Waals surface area contributed by atoms with Gasteiger partial charge >= 0.3 is 0 Å². The summed E-state index contributed by atoms with van der Waals surface area (Å²) in [6.45, 7) is 0. The summed E-state index contributed by atoms with van der Waals surface area (Å²) < 4.78 is 0. The van der Waals surface area contributed by atoms with Crippen molar-refractivity contribution in [3.63, 3.8) is 0 Å². The summed E-state index contributed by atoms with van der Waals surface area (Å²) in [6.07, 6.45) is 0. The largest absolute Gasteiger partial charge is 0.310 e. The molecule has 0 saturated heterocycles. The minimum atomic E-state index is 1.09. The first-order valence-corrected chi connectivity index (χ1v) is 20.3. The molecule has 59 heavy (non-hydrogen) atoms. The maximum Gasteiger partial charge on any atom is 0.0473 e. The lowest BCUT2D eigenvalue weighted by molar-refractivity contribution is 1.28. The third-order valence-electron chi connectivity index (χ3n) is 11.8. The van der Waals surface area contributed by atoms with Gasteiger partial charge in [0.05, 0.1) is 0 Å². The first-order chi connectivity index (χ1) is 29.2. The van der Waals surface area contributed by atoms with E-state index >= 15 is 0 Å². The second-order valence-electron chi connectivity index (χ2n) is 15.4. The van der Waals surface area contributed by atoms with Gasteiger partial charge in [0.15, 0.2) is 0 Å². The quantitative estimate of drug-likeness (QED) is 0.147. The Morgan fingerprint density at radius 3 is 0.966 bits per heavy atom. The normalized spacial score (nSPS) is 11.4. The van der Waals surface area contributed by atoms with Crippen molar-refractivity contribution in [1.82, 2.24) is 0 Å². The number of anilines is 3. The van der Waals surface area contributed by atoms with Crippen molar-refractivity contribution in [1.29, 1.82) is 0 Å². The van der Waals surface area contributed by atoms with Crippen molar-refractivity contribution in [2.24, 2.45) is 0 Å². The monoisotopic (exact) mass is 749 g/mol. The summed E-state index contributed by atoms with van der Waals surface area (Å²) >= 11 is 0. The molecule has 0 unspecified atom stereocenters. The molecular weight excluding hydrogens is 711 g/mol. The van der Waals surface area contributed by atoms with Crippen molar-refractivity contribution < 1.29 is 0 Å². The molecule has 11 aromatic carbocycles. The summed E-state index contributed by atoms with van der Waals surface area (Å²) in [4.78, 5) is 2.40. The van der Waals surface area contributed by atoms with Crippen LogP contribution in [0.5, 0.6) is 0 Å². The number of benzene rings is 11. The Balaban J connectivity index is 1.04. The van der Waals surface area contributed by atoms with Gasteiger partial charge in [0.1, 0.15) is 0 Å². The fraction of sp³-hybridized carbons (Fsp3) is 0. The number of fused-ring (bicyclic) bond motifs is 6. The Bertz CT molecular complexity index is 3070. The summed E-state index contributed by atoms with van der Waals surface area (Å²) in [6, 6.07) is 86.4. The van der Waals surface area contributed by atoms with Crippen LogP contribution in [0, 0.1) is 0 Å². The van der Waals surface area contributed by atoms with Crippen LogP contribution >= 0.6 is 0 Å². The van der Waals surface area contributed by atoms with E-state index in [2.05, 4.69) is 241 Å². The molecule has 0 spiro atoms. The number of hydrogen-bond donors (Lipinski definition) is 0. The Kier molecular flexibility index (Phi) is 8.56. The highest BCUT2D eigenvalue weighted by Crippen LogP contribution is 2.41. The molecule has 0 fully saturated rings. The third kappa shape index (κ3) is 6.49. The van der Waals surface area contributed by atoms with Gasteiger partial charge in [0.2, 0.25) is 0 Å². The Hall–Kier alpha value is -7.74. The zero-order valence-corrected chi connectivity index (χ0v) is 32.5. The van der Waals surface area contributed by atoms with Crippen LogP contribution in [0.25, 0.3) is 87.6 Å². The molecule has 0 saturated carbocycles. The maximum absolute atomic E-state index is 2.40. The molecule has 11 rings (SSSR count). The average molecular weight is 750 g/mol. The van der Waals surface area contributed by atoms with E-state index in [0.29, 0.717) is 0 Å². The zero-order valence-electron chi connectivity index (χ0n) is 32.5. The van der Waals surface area contributed by atoms with E-state index in [-0.39, 0.29) is 0 Å². The van der Waals surface area contributed by atoms with Crippen molar-refractivity contribution >= 4 is 60.2 Å². The Morgan fingerprint density at radius 2 is 0.525 bits per heavy atom. The number of rotatable bonds is 7. The highest BCUT2D eigenvalue weighted by molar-refractivity contribution is 6.10. The first kappa shape index (κ1) is 34.5.